The van der Waals surface area contributed by atoms with Crippen LogP contribution < -0.4 is 5.32 Å². The van der Waals surface area contributed by atoms with Crippen LogP contribution in [0, 0.1) is 0 Å². The molecule has 0 amide bonds. The molecule has 0 aliphatic heterocycles. The summed E-state index contributed by atoms with van der Waals surface area (Å²) in [7, 11) is 0. The van der Waals surface area contributed by atoms with Crippen molar-refractivity contribution in [3.63, 3.8) is 0 Å². The highest BCUT2D eigenvalue weighted by Crippen LogP contribution is 2.28. The standard InChI is InChI=1S/C18H26N2O/c1-4-12-20-18(17(5-2)21-6-3)15-9-7-11-16-14(15)10-8-13-19-16/h7-11,13,17-18,20H,4-6,12H2,1-3H3. The van der Waals surface area contributed by atoms with Gasteiger partial charge < -0.3 is 10.1 Å². The van der Waals surface area contributed by atoms with Crippen LogP contribution in [-0.4, -0.2) is 24.2 Å². The van der Waals surface area contributed by atoms with Crippen molar-refractivity contribution in [2.75, 3.05) is 13.2 Å². The minimum atomic E-state index is 0.187. The minimum absolute atomic E-state index is 0.187. The van der Waals surface area contributed by atoms with E-state index >= 15 is 0 Å². The third-order valence-corrected chi connectivity index (χ3v) is 3.78. The first-order valence-electron chi connectivity index (χ1n) is 8.00. The van der Waals surface area contributed by atoms with Crippen LogP contribution in [0.4, 0.5) is 0 Å². The molecule has 2 unspecified atom stereocenters. The molecule has 1 aromatic carbocycles. The predicted molar refractivity (Wildman–Crippen MR) is 88.5 cm³/mol. The van der Waals surface area contributed by atoms with Gasteiger partial charge in [0.25, 0.3) is 0 Å². The highest BCUT2D eigenvalue weighted by atomic mass is 16.5. The molecule has 21 heavy (non-hydrogen) atoms. The van der Waals surface area contributed by atoms with Gasteiger partial charge in [0.15, 0.2) is 0 Å². The molecule has 0 saturated heterocycles. The molecule has 0 aliphatic rings. The normalized spacial score (nSPS) is 14.2. The van der Waals surface area contributed by atoms with Crippen molar-refractivity contribution in [3.8, 4) is 0 Å². The summed E-state index contributed by atoms with van der Waals surface area (Å²) in [6, 6.07) is 10.7. The Kier molecular flexibility index (Phi) is 6.15. The molecule has 2 rings (SSSR count). The molecule has 3 nitrogen and oxygen atoms in total. The fourth-order valence-electron chi connectivity index (χ4n) is 2.80. The third-order valence-electron chi connectivity index (χ3n) is 3.78. The molecule has 3 heteroatoms. The van der Waals surface area contributed by atoms with E-state index in [2.05, 4.69) is 55.3 Å². The summed E-state index contributed by atoms with van der Waals surface area (Å²) in [6.07, 6.45) is 4.14. The van der Waals surface area contributed by atoms with Gasteiger partial charge in [-0.05, 0) is 44.0 Å². The smallest absolute Gasteiger partial charge is 0.0767 e. The van der Waals surface area contributed by atoms with Crippen molar-refractivity contribution in [1.82, 2.24) is 10.3 Å². The molecule has 1 heterocycles. The first-order chi connectivity index (χ1) is 10.3. The second-order valence-corrected chi connectivity index (χ2v) is 5.25. The largest absolute Gasteiger partial charge is 0.377 e. The Morgan fingerprint density at radius 2 is 2.00 bits per heavy atom. The second-order valence-electron chi connectivity index (χ2n) is 5.25. The van der Waals surface area contributed by atoms with Crippen molar-refractivity contribution in [2.24, 2.45) is 0 Å². The van der Waals surface area contributed by atoms with E-state index in [4.69, 9.17) is 4.74 Å². The number of hydrogen-bond donors (Lipinski definition) is 1. The van der Waals surface area contributed by atoms with E-state index in [1.165, 1.54) is 10.9 Å². The zero-order valence-electron chi connectivity index (χ0n) is 13.3. The highest BCUT2D eigenvalue weighted by molar-refractivity contribution is 5.82. The maximum Gasteiger partial charge on any atom is 0.0767 e. The van der Waals surface area contributed by atoms with Crippen molar-refractivity contribution >= 4 is 10.9 Å². The Morgan fingerprint density at radius 3 is 2.71 bits per heavy atom. The predicted octanol–water partition coefficient (Wildman–Crippen LogP) is 4.09. The number of nitrogens with zero attached hydrogens (tertiary/aromatic N) is 1. The van der Waals surface area contributed by atoms with Gasteiger partial charge in [-0.1, -0.05) is 32.0 Å². The number of hydrogen-bond acceptors (Lipinski definition) is 3. The monoisotopic (exact) mass is 286 g/mol. The maximum atomic E-state index is 5.97. The van der Waals surface area contributed by atoms with Crippen LogP contribution in [0.15, 0.2) is 36.5 Å². The molecular formula is C18H26N2O. The van der Waals surface area contributed by atoms with Crippen LogP contribution in [0.1, 0.15) is 45.2 Å². The van der Waals surface area contributed by atoms with E-state index in [9.17, 15) is 0 Å². The molecule has 1 aromatic heterocycles. The van der Waals surface area contributed by atoms with E-state index in [-0.39, 0.29) is 12.1 Å². The Hall–Kier alpha value is -1.45. The summed E-state index contributed by atoms with van der Waals surface area (Å²) in [5.41, 5.74) is 2.33. The van der Waals surface area contributed by atoms with Gasteiger partial charge in [-0.2, -0.15) is 0 Å². The van der Waals surface area contributed by atoms with Crippen LogP contribution in [0.3, 0.4) is 0 Å². The zero-order chi connectivity index (χ0) is 15.1. The van der Waals surface area contributed by atoms with E-state index in [1.807, 2.05) is 12.3 Å². The van der Waals surface area contributed by atoms with Crippen molar-refractivity contribution in [3.05, 3.63) is 42.1 Å². The quantitative estimate of drug-likeness (QED) is 0.793. The lowest BCUT2D eigenvalue weighted by Gasteiger charge is -2.28. The van der Waals surface area contributed by atoms with Crippen molar-refractivity contribution in [2.45, 2.75) is 45.8 Å². The second kappa shape index (κ2) is 8.11. The van der Waals surface area contributed by atoms with Gasteiger partial charge in [0.2, 0.25) is 0 Å². The minimum Gasteiger partial charge on any atom is -0.377 e. The van der Waals surface area contributed by atoms with Gasteiger partial charge in [0, 0.05) is 18.2 Å². The third kappa shape index (κ3) is 3.80. The maximum absolute atomic E-state index is 5.97. The van der Waals surface area contributed by atoms with E-state index in [1.54, 1.807) is 0 Å². The summed E-state index contributed by atoms with van der Waals surface area (Å²) in [4.78, 5) is 4.47. The lowest BCUT2D eigenvalue weighted by atomic mass is 9.95. The summed E-state index contributed by atoms with van der Waals surface area (Å²) in [5, 5.41) is 4.88. The molecule has 0 saturated carbocycles. The molecule has 0 spiro atoms. The summed E-state index contributed by atoms with van der Waals surface area (Å²) >= 11 is 0. The molecule has 1 N–H and O–H groups in total. The zero-order valence-corrected chi connectivity index (χ0v) is 13.3. The van der Waals surface area contributed by atoms with E-state index in [0.29, 0.717) is 0 Å². The fourth-order valence-corrected chi connectivity index (χ4v) is 2.80. The molecule has 0 radical (unpaired) electrons. The first kappa shape index (κ1) is 15.9. The van der Waals surface area contributed by atoms with E-state index < -0.39 is 0 Å². The Morgan fingerprint density at radius 1 is 1.14 bits per heavy atom. The topological polar surface area (TPSA) is 34.2 Å². The lowest BCUT2D eigenvalue weighted by molar-refractivity contribution is 0.0318. The van der Waals surface area contributed by atoms with Crippen LogP contribution in [0.5, 0.6) is 0 Å². The summed E-state index contributed by atoms with van der Waals surface area (Å²) in [5.74, 6) is 0. The molecule has 114 valence electrons. The molecular weight excluding hydrogens is 260 g/mol. The number of pyridine rings is 1. The number of fused-ring (bicyclic) bond motifs is 1. The van der Waals surface area contributed by atoms with Gasteiger partial charge in [-0.3, -0.25) is 4.98 Å². The van der Waals surface area contributed by atoms with Crippen LogP contribution in [-0.2, 0) is 4.74 Å². The molecule has 2 atom stereocenters. The van der Waals surface area contributed by atoms with Crippen molar-refractivity contribution in [1.29, 1.82) is 0 Å². The summed E-state index contributed by atoms with van der Waals surface area (Å²) in [6.45, 7) is 8.17. The average molecular weight is 286 g/mol. The SMILES string of the molecule is CCCNC(c1cccc2ncccc12)C(CC)OCC. The Labute approximate surface area is 127 Å². The van der Waals surface area contributed by atoms with E-state index in [0.717, 1.165) is 31.5 Å². The molecule has 0 aliphatic carbocycles. The van der Waals surface area contributed by atoms with Crippen LogP contribution in [0.25, 0.3) is 10.9 Å². The Bertz CT molecular complexity index is 550. The van der Waals surface area contributed by atoms with Gasteiger partial charge >= 0.3 is 0 Å². The van der Waals surface area contributed by atoms with Gasteiger partial charge in [-0.25, -0.2) is 0 Å². The highest BCUT2D eigenvalue weighted by Gasteiger charge is 2.23. The fraction of sp³-hybridized carbons (Fsp3) is 0.500. The van der Waals surface area contributed by atoms with Gasteiger partial charge in [0.05, 0.1) is 17.7 Å². The number of rotatable bonds is 8. The number of nitrogens with one attached hydrogen (secondary N) is 1. The molecule has 0 fully saturated rings. The first-order valence-corrected chi connectivity index (χ1v) is 8.00. The van der Waals surface area contributed by atoms with Crippen molar-refractivity contribution < 1.29 is 4.74 Å². The average Bonchev–Trinajstić information content (AvgIpc) is 2.54. The molecule has 2 aromatic rings. The van der Waals surface area contributed by atoms with Gasteiger partial charge in [-0.15, -0.1) is 0 Å². The van der Waals surface area contributed by atoms with Crippen LogP contribution in [0.2, 0.25) is 0 Å². The number of benzene rings is 1. The Balaban J connectivity index is 2.42. The van der Waals surface area contributed by atoms with Gasteiger partial charge in [0.1, 0.15) is 0 Å². The summed E-state index contributed by atoms with van der Waals surface area (Å²) < 4.78 is 5.97. The van der Waals surface area contributed by atoms with Crippen LogP contribution >= 0.6 is 0 Å². The lowest BCUT2D eigenvalue weighted by Crippen LogP contribution is -2.34. The number of aromatic nitrogens is 1. The number of ether oxygens (including phenoxy) is 1. The molecule has 0 bridgehead atoms.